The van der Waals surface area contributed by atoms with E-state index in [1.54, 1.807) is 7.11 Å². The molecule has 2 rings (SSSR count). The van der Waals surface area contributed by atoms with Gasteiger partial charge in [0, 0.05) is 26.7 Å². The smallest absolute Gasteiger partial charge is 0.239 e. The molecule has 6 heteroatoms. The lowest BCUT2D eigenvalue weighted by Gasteiger charge is -2.09. The number of hydrogen-bond donors (Lipinski definition) is 3. The number of benzene rings is 2. The molecule has 0 saturated heterocycles. The highest BCUT2D eigenvalue weighted by atomic mass is 16.5. The molecule has 6 nitrogen and oxygen atoms in total. The summed E-state index contributed by atoms with van der Waals surface area (Å²) in [6, 6.07) is 13.8. The molecule has 3 N–H and O–H groups in total. The second-order valence-electron chi connectivity index (χ2n) is 5.68. The summed E-state index contributed by atoms with van der Waals surface area (Å²) in [5, 5.41) is 10.7. The van der Waals surface area contributed by atoms with Gasteiger partial charge in [-0.05, 0) is 16.3 Å². The highest BCUT2D eigenvalue weighted by molar-refractivity contribution is 5.91. The van der Waals surface area contributed by atoms with Crippen LogP contribution in [0, 0.1) is 0 Å². The summed E-state index contributed by atoms with van der Waals surface area (Å²) in [7, 11) is 1.64. The van der Waals surface area contributed by atoms with Crippen LogP contribution in [0.4, 0.5) is 0 Å². The lowest BCUT2D eigenvalue weighted by atomic mass is 10.0. The van der Waals surface area contributed by atoms with Gasteiger partial charge in [-0.1, -0.05) is 42.5 Å². The van der Waals surface area contributed by atoms with E-state index in [0.717, 1.165) is 22.9 Å². The van der Waals surface area contributed by atoms with E-state index in [1.165, 1.54) is 0 Å². The van der Waals surface area contributed by atoms with Crippen molar-refractivity contribution >= 4 is 22.6 Å². The quantitative estimate of drug-likeness (QED) is 0.559. The maximum absolute atomic E-state index is 12.1. The Bertz CT molecular complexity index is 698. The average Bonchev–Trinajstić information content (AvgIpc) is 2.63. The first-order valence-corrected chi connectivity index (χ1v) is 8.40. The molecule has 0 unspecified atom stereocenters. The molecule has 2 aromatic rings. The van der Waals surface area contributed by atoms with Gasteiger partial charge in [0.15, 0.2) is 0 Å². The number of amides is 2. The second-order valence-corrected chi connectivity index (χ2v) is 5.68. The second kappa shape index (κ2) is 10.4. The third kappa shape index (κ3) is 6.52. The van der Waals surface area contributed by atoms with Gasteiger partial charge in [-0.15, -0.1) is 0 Å². The molecule has 0 saturated carbocycles. The summed E-state index contributed by atoms with van der Waals surface area (Å²) in [4.78, 5) is 23.8. The zero-order valence-electron chi connectivity index (χ0n) is 14.5. The summed E-state index contributed by atoms with van der Waals surface area (Å²) < 4.78 is 4.91. The molecule has 0 heterocycles. The molecule has 0 fully saturated rings. The van der Waals surface area contributed by atoms with Crippen LogP contribution in [0.1, 0.15) is 5.56 Å². The molecule has 0 aliphatic carbocycles. The van der Waals surface area contributed by atoms with Crippen molar-refractivity contribution in [3.8, 4) is 0 Å². The predicted octanol–water partition coefficient (Wildman–Crippen LogP) is 0.851. The van der Waals surface area contributed by atoms with Crippen molar-refractivity contribution in [1.82, 2.24) is 16.0 Å². The van der Waals surface area contributed by atoms with E-state index in [1.807, 2.05) is 42.5 Å². The molecule has 2 aromatic carbocycles. The predicted molar refractivity (Wildman–Crippen MR) is 98.4 cm³/mol. The number of hydrogen-bond acceptors (Lipinski definition) is 4. The van der Waals surface area contributed by atoms with E-state index in [0.29, 0.717) is 19.7 Å². The van der Waals surface area contributed by atoms with Gasteiger partial charge in [0.25, 0.3) is 0 Å². The van der Waals surface area contributed by atoms with Crippen LogP contribution in [-0.2, 0) is 20.7 Å². The maximum Gasteiger partial charge on any atom is 0.239 e. The standard InChI is InChI=1S/C19H25N3O3/c1-25-12-11-20-9-10-21-19(24)14-22-18(23)13-16-7-4-6-15-5-2-3-8-17(15)16/h2-8,20H,9-14H2,1H3,(H,21,24)(H,22,23). The van der Waals surface area contributed by atoms with E-state index in [4.69, 9.17) is 4.74 Å². The van der Waals surface area contributed by atoms with Crippen molar-refractivity contribution in [3.05, 3.63) is 48.0 Å². The van der Waals surface area contributed by atoms with Crippen molar-refractivity contribution < 1.29 is 14.3 Å². The molecular weight excluding hydrogens is 318 g/mol. The number of rotatable bonds is 10. The Morgan fingerprint density at radius 2 is 1.72 bits per heavy atom. The van der Waals surface area contributed by atoms with Crippen LogP contribution in [0.2, 0.25) is 0 Å². The van der Waals surface area contributed by atoms with Crippen LogP contribution in [-0.4, -0.2) is 51.7 Å². The minimum absolute atomic E-state index is 0.0122. The van der Waals surface area contributed by atoms with Crippen LogP contribution in [0.3, 0.4) is 0 Å². The van der Waals surface area contributed by atoms with Gasteiger partial charge < -0.3 is 20.7 Å². The molecule has 25 heavy (non-hydrogen) atoms. The van der Waals surface area contributed by atoms with E-state index >= 15 is 0 Å². The molecule has 0 aromatic heterocycles. The molecule has 0 bridgehead atoms. The fraction of sp³-hybridized carbons (Fsp3) is 0.368. The van der Waals surface area contributed by atoms with Crippen molar-refractivity contribution in [1.29, 1.82) is 0 Å². The van der Waals surface area contributed by atoms with Crippen molar-refractivity contribution in [2.45, 2.75) is 6.42 Å². The Morgan fingerprint density at radius 1 is 0.920 bits per heavy atom. The summed E-state index contributed by atoms with van der Waals surface area (Å²) in [5.41, 5.74) is 0.957. The molecule has 0 aliphatic heterocycles. The Labute approximate surface area is 147 Å². The van der Waals surface area contributed by atoms with E-state index in [-0.39, 0.29) is 24.8 Å². The van der Waals surface area contributed by atoms with Gasteiger partial charge in [-0.25, -0.2) is 0 Å². The summed E-state index contributed by atoms with van der Waals surface area (Å²) in [6.07, 6.45) is 0.257. The Morgan fingerprint density at radius 3 is 2.56 bits per heavy atom. The third-order valence-corrected chi connectivity index (χ3v) is 3.78. The zero-order chi connectivity index (χ0) is 17.9. The van der Waals surface area contributed by atoms with Crippen molar-refractivity contribution in [3.63, 3.8) is 0 Å². The normalized spacial score (nSPS) is 10.6. The molecule has 0 aliphatic rings. The molecule has 2 amide bonds. The fourth-order valence-electron chi connectivity index (χ4n) is 2.51. The van der Waals surface area contributed by atoms with Crippen molar-refractivity contribution in [2.75, 3.05) is 39.9 Å². The number of carbonyl (C=O) groups excluding carboxylic acids is 2. The lowest BCUT2D eigenvalue weighted by molar-refractivity contribution is -0.125. The maximum atomic E-state index is 12.1. The molecule has 0 spiro atoms. The summed E-state index contributed by atoms with van der Waals surface area (Å²) in [6.45, 7) is 2.55. The Kier molecular flexibility index (Phi) is 7.88. The van der Waals surface area contributed by atoms with Gasteiger partial charge in [0.05, 0.1) is 19.6 Å². The topological polar surface area (TPSA) is 79.5 Å². The Balaban J connectivity index is 1.70. The SMILES string of the molecule is COCCNCCNC(=O)CNC(=O)Cc1cccc2ccccc12. The first-order valence-electron chi connectivity index (χ1n) is 8.40. The summed E-state index contributed by atoms with van der Waals surface area (Å²) >= 11 is 0. The minimum atomic E-state index is -0.195. The highest BCUT2D eigenvalue weighted by Gasteiger charge is 2.08. The van der Waals surface area contributed by atoms with Crippen LogP contribution >= 0.6 is 0 Å². The van der Waals surface area contributed by atoms with Gasteiger partial charge in [-0.3, -0.25) is 9.59 Å². The largest absolute Gasteiger partial charge is 0.383 e. The number of ether oxygens (including phenoxy) is 1. The van der Waals surface area contributed by atoms with Crippen molar-refractivity contribution in [2.24, 2.45) is 0 Å². The molecule has 0 atom stereocenters. The highest BCUT2D eigenvalue weighted by Crippen LogP contribution is 2.18. The number of carbonyl (C=O) groups is 2. The minimum Gasteiger partial charge on any atom is -0.383 e. The van der Waals surface area contributed by atoms with Gasteiger partial charge in [0.2, 0.25) is 11.8 Å². The van der Waals surface area contributed by atoms with Gasteiger partial charge in [-0.2, -0.15) is 0 Å². The molecular formula is C19H25N3O3. The van der Waals surface area contributed by atoms with Crippen LogP contribution in [0.5, 0.6) is 0 Å². The number of methoxy groups -OCH3 is 1. The van der Waals surface area contributed by atoms with E-state index in [9.17, 15) is 9.59 Å². The van der Waals surface area contributed by atoms with Crippen LogP contribution < -0.4 is 16.0 Å². The fourth-order valence-corrected chi connectivity index (χ4v) is 2.51. The monoisotopic (exact) mass is 343 g/mol. The number of nitrogens with one attached hydrogen (secondary N) is 3. The first-order chi connectivity index (χ1) is 12.2. The number of fused-ring (bicyclic) bond motifs is 1. The van der Waals surface area contributed by atoms with Crippen LogP contribution in [0.25, 0.3) is 10.8 Å². The zero-order valence-corrected chi connectivity index (χ0v) is 14.5. The van der Waals surface area contributed by atoms with E-state index < -0.39 is 0 Å². The lowest BCUT2D eigenvalue weighted by Crippen LogP contribution is -2.40. The first kappa shape index (κ1) is 18.9. The Hall–Kier alpha value is -2.44. The average molecular weight is 343 g/mol. The van der Waals surface area contributed by atoms with E-state index in [2.05, 4.69) is 16.0 Å². The summed E-state index contributed by atoms with van der Waals surface area (Å²) in [5.74, 6) is -0.357. The van der Waals surface area contributed by atoms with Gasteiger partial charge in [0.1, 0.15) is 0 Å². The molecule has 134 valence electrons. The third-order valence-electron chi connectivity index (χ3n) is 3.78. The van der Waals surface area contributed by atoms with Crippen LogP contribution in [0.15, 0.2) is 42.5 Å². The van der Waals surface area contributed by atoms with Gasteiger partial charge >= 0.3 is 0 Å². The molecule has 0 radical (unpaired) electrons.